The molecule has 1 spiro atoms. The molecule has 4 aliphatic rings. The Hall–Kier alpha value is -3.71. The molecule has 4 aromatic rings. The Morgan fingerprint density at radius 3 is 2.55 bits per heavy atom. The Balaban J connectivity index is 1.09. The van der Waals surface area contributed by atoms with Crippen LogP contribution in [0.25, 0.3) is 33.4 Å². The van der Waals surface area contributed by atoms with Crippen molar-refractivity contribution in [1.82, 2.24) is 25.4 Å². The molecule has 0 bridgehead atoms. The van der Waals surface area contributed by atoms with Gasteiger partial charge in [0.05, 0.1) is 16.8 Å². The second kappa shape index (κ2) is 9.44. The van der Waals surface area contributed by atoms with Crippen LogP contribution in [0.3, 0.4) is 0 Å². The molecule has 7 nitrogen and oxygen atoms in total. The number of nitrogens with one attached hydrogen (secondary N) is 2. The Bertz CT molecular complexity index is 1610. The van der Waals surface area contributed by atoms with E-state index in [0.29, 0.717) is 23.6 Å². The maximum absolute atomic E-state index is 12.9. The van der Waals surface area contributed by atoms with Gasteiger partial charge in [-0.1, -0.05) is 24.3 Å². The number of ether oxygens (including phenoxy) is 1. The molecule has 2 fully saturated rings. The lowest BCUT2D eigenvalue weighted by molar-refractivity contribution is 0.0754. The molecule has 2 aromatic heterocycles. The Labute approximate surface area is 234 Å². The van der Waals surface area contributed by atoms with Crippen LogP contribution < -0.4 is 10.1 Å². The largest absolute Gasteiger partial charge is 0.490 e. The summed E-state index contributed by atoms with van der Waals surface area (Å²) in [6, 6.07) is 15.7. The topological polar surface area (TPSA) is 83.1 Å². The van der Waals surface area contributed by atoms with Gasteiger partial charge in [0.25, 0.3) is 5.91 Å². The molecule has 2 aliphatic heterocycles. The normalized spacial score (nSPS) is 22.1. The first-order chi connectivity index (χ1) is 19.6. The fourth-order valence-electron chi connectivity index (χ4n) is 7.24. The maximum atomic E-state index is 12.9. The van der Waals surface area contributed by atoms with Crippen molar-refractivity contribution in [1.29, 1.82) is 0 Å². The summed E-state index contributed by atoms with van der Waals surface area (Å²) in [6.07, 6.45) is 12.5. The van der Waals surface area contributed by atoms with E-state index in [1.165, 1.54) is 61.9 Å². The summed E-state index contributed by atoms with van der Waals surface area (Å²) in [7, 11) is 0. The highest BCUT2D eigenvalue weighted by Gasteiger charge is 2.42. The van der Waals surface area contributed by atoms with Gasteiger partial charge >= 0.3 is 0 Å². The fourth-order valence-corrected chi connectivity index (χ4v) is 7.24. The number of nitrogens with zero attached hydrogens (tertiary/aromatic N) is 3. The van der Waals surface area contributed by atoms with Gasteiger partial charge in [-0.05, 0) is 106 Å². The monoisotopic (exact) mass is 533 g/mol. The molecule has 1 saturated carbocycles. The lowest BCUT2D eigenvalue weighted by atomic mass is 9.77. The summed E-state index contributed by atoms with van der Waals surface area (Å²) in [5.41, 5.74) is 8.17. The number of rotatable bonds is 3. The summed E-state index contributed by atoms with van der Waals surface area (Å²) >= 11 is 0. The van der Waals surface area contributed by atoms with Crippen LogP contribution in [0.2, 0.25) is 0 Å². The minimum atomic E-state index is -0.210. The van der Waals surface area contributed by atoms with Crippen molar-refractivity contribution in [3.05, 3.63) is 65.4 Å². The van der Waals surface area contributed by atoms with Crippen LogP contribution in [-0.2, 0) is 12.8 Å². The maximum Gasteiger partial charge on any atom is 0.255 e. The molecule has 204 valence electrons. The second-order valence-electron chi connectivity index (χ2n) is 12.2. The number of likely N-dealkylation sites (tertiary alicyclic amines) is 1. The number of aromatic nitrogens is 3. The zero-order valence-corrected chi connectivity index (χ0v) is 22.8. The number of H-pyrrole nitrogens is 1. The molecule has 1 unspecified atom stereocenters. The van der Waals surface area contributed by atoms with Crippen LogP contribution in [0.15, 0.2) is 48.7 Å². The van der Waals surface area contributed by atoms with E-state index in [2.05, 4.69) is 44.7 Å². The molecule has 1 saturated heterocycles. The van der Waals surface area contributed by atoms with Gasteiger partial charge in [0.2, 0.25) is 0 Å². The average molecular weight is 534 g/mol. The van der Waals surface area contributed by atoms with Crippen molar-refractivity contribution in [2.45, 2.75) is 69.4 Å². The Morgan fingerprint density at radius 2 is 1.73 bits per heavy atom. The predicted octanol–water partition coefficient (Wildman–Crippen LogP) is 5.68. The van der Waals surface area contributed by atoms with Gasteiger partial charge in [-0.25, -0.2) is 4.98 Å². The number of aryl methyl sites for hydroxylation is 2. The number of pyridine rings is 1. The standard InChI is InChI=1S/C33H35N5O2/c39-32-27-11-8-24(18-29(27)40-20-33(35-32)12-3-13-33)30-28-17-25(19-34-31(28)37-36-30)23-5-4-21-6-9-26(10-7-22(21)16-23)38-14-1-2-15-38/h4-5,8,11,16-19,26H,1-3,6-7,9-10,12-15,20H2,(H,35,39)(H,34,36,37). The zero-order valence-electron chi connectivity index (χ0n) is 22.8. The van der Waals surface area contributed by atoms with Crippen molar-refractivity contribution in [3.63, 3.8) is 0 Å². The quantitative estimate of drug-likeness (QED) is 0.331. The van der Waals surface area contributed by atoms with Crippen molar-refractivity contribution in [2.75, 3.05) is 19.7 Å². The molecular formula is C33H35N5O2. The lowest BCUT2D eigenvalue weighted by Crippen LogP contribution is -2.56. The summed E-state index contributed by atoms with van der Waals surface area (Å²) in [4.78, 5) is 20.3. The zero-order chi connectivity index (χ0) is 26.7. The van der Waals surface area contributed by atoms with Crippen LogP contribution in [0.1, 0.15) is 66.4 Å². The third kappa shape index (κ3) is 4.10. The van der Waals surface area contributed by atoms with E-state index in [9.17, 15) is 4.79 Å². The number of benzene rings is 2. The van der Waals surface area contributed by atoms with Gasteiger partial charge in [-0.2, -0.15) is 5.10 Å². The Kier molecular flexibility index (Phi) is 5.69. The van der Waals surface area contributed by atoms with E-state index >= 15 is 0 Å². The van der Waals surface area contributed by atoms with E-state index in [1.807, 2.05) is 24.4 Å². The highest BCUT2D eigenvalue weighted by molar-refractivity contribution is 6.00. The number of hydrogen-bond acceptors (Lipinski definition) is 5. The van der Waals surface area contributed by atoms with Crippen LogP contribution in [0.4, 0.5) is 0 Å². The molecule has 40 heavy (non-hydrogen) atoms. The minimum absolute atomic E-state index is 0.0490. The third-order valence-corrected chi connectivity index (χ3v) is 9.81. The number of carbonyl (C=O) groups excluding carboxylic acids is 1. The first kappa shape index (κ1) is 24.1. The van der Waals surface area contributed by atoms with Crippen molar-refractivity contribution in [3.8, 4) is 28.1 Å². The molecule has 4 heterocycles. The molecular weight excluding hydrogens is 498 g/mol. The van der Waals surface area contributed by atoms with Crippen LogP contribution in [0, 0.1) is 0 Å². The number of hydrogen-bond donors (Lipinski definition) is 2. The van der Waals surface area contributed by atoms with Gasteiger partial charge in [-0.3, -0.25) is 9.89 Å². The van der Waals surface area contributed by atoms with Gasteiger partial charge in [0.1, 0.15) is 12.4 Å². The molecule has 2 aromatic carbocycles. The number of amides is 1. The van der Waals surface area contributed by atoms with Crippen molar-refractivity contribution in [2.24, 2.45) is 0 Å². The summed E-state index contributed by atoms with van der Waals surface area (Å²) in [6.45, 7) is 3.06. The SMILES string of the molecule is O=C1NC2(CCC2)COc2cc(-c3[nH]nc4ncc(-c5ccc6c(c5)CCC(N5CCCC5)CC6)cc34)ccc21. The van der Waals surface area contributed by atoms with Crippen molar-refractivity contribution < 1.29 is 9.53 Å². The van der Waals surface area contributed by atoms with E-state index in [1.54, 1.807) is 0 Å². The molecule has 8 rings (SSSR count). The van der Waals surface area contributed by atoms with Crippen LogP contribution in [-0.4, -0.2) is 57.3 Å². The molecule has 2 N–H and O–H groups in total. The number of fused-ring (bicyclic) bond motifs is 3. The van der Waals surface area contributed by atoms with Gasteiger partial charge < -0.3 is 15.0 Å². The second-order valence-corrected chi connectivity index (χ2v) is 12.2. The molecule has 0 radical (unpaired) electrons. The minimum Gasteiger partial charge on any atom is -0.490 e. The molecule has 7 heteroatoms. The highest BCUT2D eigenvalue weighted by Crippen LogP contribution is 2.38. The number of carbonyl (C=O) groups is 1. The van der Waals surface area contributed by atoms with Crippen LogP contribution >= 0.6 is 0 Å². The van der Waals surface area contributed by atoms with Gasteiger partial charge in [-0.15, -0.1) is 0 Å². The van der Waals surface area contributed by atoms with Gasteiger partial charge in [0.15, 0.2) is 5.65 Å². The fraction of sp³-hybridized carbons (Fsp3) is 0.424. The average Bonchev–Trinajstić information content (AvgIpc) is 3.56. The summed E-state index contributed by atoms with van der Waals surface area (Å²) < 4.78 is 6.19. The van der Waals surface area contributed by atoms with Crippen molar-refractivity contribution >= 4 is 16.9 Å². The first-order valence-corrected chi connectivity index (χ1v) is 14.9. The third-order valence-electron chi connectivity index (χ3n) is 9.81. The van der Waals surface area contributed by atoms with Crippen LogP contribution in [0.5, 0.6) is 5.75 Å². The molecule has 1 atom stereocenters. The summed E-state index contributed by atoms with van der Waals surface area (Å²) in [5.74, 6) is 0.579. The van der Waals surface area contributed by atoms with E-state index in [4.69, 9.17) is 9.72 Å². The van der Waals surface area contributed by atoms with Gasteiger partial charge in [0, 0.05) is 28.8 Å². The Morgan fingerprint density at radius 1 is 0.900 bits per heavy atom. The first-order valence-electron chi connectivity index (χ1n) is 14.9. The highest BCUT2D eigenvalue weighted by atomic mass is 16.5. The number of aromatic amines is 1. The lowest BCUT2D eigenvalue weighted by Gasteiger charge is -2.40. The predicted molar refractivity (Wildman–Crippen MR) is 156 cm³/mol. The smallest absolute Gasteiger partial charge is 0.255 e. The molecule has 1 amide bonds. The summed E-state index contributed by atoms with van der Waals surface area (Å²) in [5, 5.41) is 11.9. The van der Waals surface area contributed by atoms with E-state index < -0.39 is 0 Å². The molecule has 2 aliphatic carbocycles. The van der Waals surface area contributed by atoms with E-state index in [-0.39, 0.29) is 11.4 Å². The van der Waals surface area contributed by atoms with E-state index in [0.717, 1.165) is 53.9 Å².